The van der Waals surface area contributed by atoms with E-state index < -0.39 is 0 Å². The number of aromatic nitrogens is 1. The van der Waals surface area contributed by atoms with E-state index in [1.165, 1.54) is 6.07 Å². The van der Waals surface area contributed by atoms with Gasteiger partial charge >= 0.3 is 0 Å². The van der Waals surface area contributed by atoms with Crippen molar-refractivity contribution in [2.45, 2.75) is 32.2 Å². The molecule has 1 aromatic heterocycles. The number of rotatable bonds is 5. The Labute approximate surface area is 111 Å². The average Bonchev–Trinajstić information content (AvgIpc) is 3.11. The van der Waals surface area contributed by atoms with E-state index >= 15 is 0 Å². The van der Waals surface area contributed by atoms with Crippen LogP contribution < -0.4 is 16.4 Å². The van der Waals surface area contributed by atoms with Crippen LogP contribution in [-0.2, 0) is 4.79 Å². The molecular formula is C13H18N4O2. The Kier molecular flexibility index (Phi) is 3.99. The molecule has 1 aliphatic rings. The maximum Gasteiger partial charge on any atom is 0.251 e. The van der Waals surface area contributed by atoms with Crippen molar-refractivity contribution in [3.8, 4) is 0 Å². The number of nitrogens with one attached hydrogen (secondary N) is 2. The smallest absolute Gasteiger partial charge is 0.251 e. The first-order chi connectivity index (χ1) is 9.04. The Morgan fingerprint density at radius 3 is 2.79 bits per heavy atom. The van der Waals surface area contributed by atoms with Crippen molar-refractivity contribution in [2.75, 3.05) is 12.3 Å². The lowest BCUT2D eigenvalue weighted by Crippen LogP contribution is -2.31. The lowest BCUT2D eigenvalue weighted by Gasteiger charge is -2.07. The Hall–Kier alpha value is -2.11. The van der Waals surface area contributed by atoms with Crippen LogP contribution >= 0.6 is 0 Å². The molecular weight excluding hydrogens is 244 g/mol. The van der Waals surface area contributed by atoms with Crippen molar-refractivity contribution in [3.63, 3.8) is 0 Å². The summed E-state index contributed by atoms with van der Waals surface area (Å²) in [4.78, 5) is 27.3. The van der Waals surface area contributed by atoms with Gasteiger partial charge in [-0.2, -0.15) is 0 Å². The molecule has 0 saturated heterocycles. The van der Waals surface area contributed by atoms with Crippen molar-refractivity contribution in [2.24, 2.45) is 0 Å². The average molecular weight is 262 g/mol. The summed E-state index contributed by atoms with van der Waals surface area (Å²) in [5, 5.41) is 5.56. The minimum absolute atomic E-state index is 0.0202. The first-order valence-electron chi connectivity index (χ1n) is 6.36. The largest absolute Gasteiger partial charge is 0.384 e. The highest BCUT2D eigenvalue weighted by Crippen LogP contribution is 2.18. The number of hydrogen-bond donors (Lipinski definition) is 3. The molecule has 102 valence electrons. The zero-order valence-corrected chi connectivity index (χ0v) is 10.9. The second-order valence-corrected chi connectivity index (χ2v) is 4.77. The maximum atomic E-state index is 11.8. The highest BCUT2D eigenvalue weighted by Gasteiger charge is 2.22. The van der Waals surface area contributed by atoms with Crippen LogP contribution in [-0.4, -0.2) is 29.4 Å². The second-order valence-electron chi connectivity index (χ2n) is 4.77. The molecule has 1 aromatic rings. The van der Waals surface area contributed by atoms with Crippen LogP contribution in [0.3, 0.4) is 0 Å². The van der Waals surface area contributed by atoms with E-state index in [2.05, 4.69) is 15.6 Å². The van der Waals surface area contributed by atoms with Gasteiger partial charge in [-0.1, -0.05) is 0 Å². The first-order valence-corrected chi connectivity index (χ1v) is 6.36. The van der Waals surface area contributed by atoms with Crippen LogP contribution in [0.5, 0.6) is 0 Å². The summed E-state index contributed by atoms with van der Waals surface area (Å²) < 4.78 is 0. The number of carbonyl (C=O) groups is 2. The third-order valence-electron chi connectivity index (χ3n) is 2.82. The van der Waals surface area contributed by atoms with Gasteiger partial charge in [-0.15, -0.1) is 0 Å². The number of carbonyl (C=O) groups excluding carboxylic acids is 2. The number of pyridine rings is 1. The van der Waals surface area contributed by atoms with Crippen LogP contribution in [0.2, 0.25) is 0 Å². The molecule has 1 saturated carbocycles. The zero-order chi connectivity index (χ0) is 13.8. The van der Waals surface area contributed by atoms with Crippen LogP contribution in [0.15, 0.2) is 12.1 Å². The molecule has 0 radical (unpaired) electrons. The molecule has 19 heavy (non-hydrogen) atoms. The van der Waals surface area contributed by atoms with E-state index in [0.29, 0.717) is 36.1 Å². The second kappa shape index (κ2) is 5.69. The molecule has 0 aromatic carbocycles. The van der Waals surface area contributed by atoms with Crippen molar-refractivity contribution in [1.29, 1.82) is 0 Å². The summed E-state index contributed by atoms with van der Waals surface area (Å²) in [5.41, 5.74) is 6.74. The van der Waals surface area contributed by atoms with E-state index in [1.54, 1.807) is 13.0 Å². The highest BCUT2D eigenvalue weighted by atomic mass is 16.2. The van der Waals surface area contributed by atoms with Crippen LogP contribution in [0.4, 0.5) is 5.82 Å². The Balaban J connectivity index is 1.78. The third kappa shape index (κ3) is 4.24. The fraction of sp³-hybridized carbons (Fsp3) is 0.462. The lowest BCUT2D eigenvalue weighted by atomic mass is 10.2. The minimum Gasteiger partial charge on any atom is -0.384 e. The van der Waals surface area contributed by atoms with Gasteiger partial charge in [0.05, 0.1) is 0 Å². The molecule has 2 amide bonds. The van der Waals surface area contributed by atoms with E-state index in [9.17, 15) is 9.59 Å². The topological polar surface area (TPSA) is 97.1 Å². The normalized spacial score (nSPS) is 13.9. The van der Waals surface area contributed by atoms with Crippen LogP contribution in [0, 0.1) is 6.92 Å². The first kappa shape index (κ1) is 13.3. The van der Waals surface area contributed by atoms with Gasteiger partial charge in [-0.25, -0.2) is 4.98 Å². The number of aryl methyl sites for hydroxylation is 1. The Morgan fingerprint density at radius 2 is 2.16 bits per heavy atom. The number of hydrogen-bond acceptors (Lipinski definition) is 4. The predicted octanol–water partition coefficient (Wildman–Crippen LogP) is 0.371. The fourth-order valence-corrected chi connectivity index (χ4v) is 1.74. The minimum atomic E-state index is -0.239. The van der Waals surface area contributed by atoms with Gasteiger partial charge in [0, 0.05) is 30.3 Å². The number of nitrogens with two attached hydrogens (primary N) is 1. The molecule has 4 N–H and O–H groups in total. The summed E-state index contributed by atoms with van der Waals surface area (Å²) in [6, 6.07) is 3.54. The highest BCUT2D eigenvalue weighted by molar-refractivity contribution is 5.95. The molecule has 0 aliphatic heterocycles. The van der Waals surface area contributed by atoms with Crippen molar-refractivity contribution in [1.82, 2.24) is 15.6 Å². The molecule has 1 aliphatic carbocycles. The molecule has 1 fully saturated rings. The van der Waals surface area contributed by atoms with Crippen molar-refractivity contribution >= 4 is 17.6 Å². The summed E-state index contributed by atoms with van der Waals surface area (Å²) in [7, 11) is 0. The third-order valence-corrected chi connectivity index (χ3v) is 2.82. The number of nitrogens with zero attached hydrogens (tertiary/aromatic N) is 1. The zero-order valence-electron chi connectivity index (χ0n) is 10.9. The number of amides is 2. The van der Waals surface area contributed by atoms with E-state index in [0.717, 1.165) is 12.8 Å². The predicted molar refractivity (Wildman–Crippen MR) is 71.5 cm³/mol. The number of anilines is 1. The van der Waals surface area contributed by atoms with Crippen molar-refractivity contribution in [3.05, 3.63) is 23.4 Å². The maximum absolute atomic E-state index is 11.8. The summed E-state index contributed by atoms with van der Waals surface area (Å²) in [6.45, 7) is 2.09. The molecule has 6 nitrogen and oxygen atoms in total. The van der Waals surface area contributed by atoms with Gasteiger partial charge in [0.1, 0.15) is 5.82 Å². The van der Waals surface area contributed by atoms with Gasteiger partial charge in [0.25, 0.3) is 5.91 Å². The van der Waals surface area contributed by atoms with Crippen LogP contribution in [0.1, 0.15) is 35.3 Å². The Morgan fingerprint density at radius 1 is 1.42 bits per heavy atom. The molecule has 2 rings (SSSR count). The van der Waals surface area contributed by atoms with Gasteiger partial charge in [0.15, 0.2) is 0 Å². The van der Waals surface area contributed by atoms with Gasteiger partial charge in [-0.3, -0.25) is 9.59 Å². The van der Waals surface area contributed by atoms with Gasteiger partial charge in [0.2, 0.25) is 5.91 Å². The van der Waals surface area contributed by atoms with Gasteiger partial charge in [-0.05, 0) is 31.9 Å². The summed E-state index contributed by atoms with van der Waals surface area (Å²) >= 11 is 0. The standard InChI is InChI=1S/C13H18N4O2/c1-8-6-9(7-11(14)16-8)13(19)15-5-4-12(18)17-10-2-3-10/h6-7,10H,2-5H2,1H3,(H2,14,16)(H,15,19)(H,17,18). The Bertz CT molecular complexity index is 477. The quantitative estimate of drug-likeness (QED) is 0.714. The molecule has 0 unspecified atom stereocenters. The summed E-state index contributed by atoms with van der Waals surface area (Å²) in [6.07, 6.45) is 2.42. The number of nitrogen functional groups attached to an aromatic ring is 1. The summed E-state index contributed by atoms with van der Waals surface area (Å²) in [5.74, 6) is 0.0567. The molecule has 0 spiro atoms. The van der Waals surface area contributed by atoms with Gasteiger partial charge < -0.3 is 16.4 Å². The van der Waals surface area contributed by atoms with E-state index in [-0.39, 0.29) is 11.8 Å². The molecule has 1 heterocycles. The molecule has 6 heteroatoms. The van der Waals surface area contributed by atoms with E-state index in [1.807, 2.05) is 0 Å². The molecule has 0 bridgehead atoms. The van der Waals surface area contributed by atoms with Crippen LogP contribution in [0.25, 0.3) is 0 Å². The monoisotopic (exact) mass is 262 g/mol. The molecule has 0 atom stereocenters. The SMILES string of the molecule is Cc1cc(C(=O)NCCC(=O)NC2CC2)cc(N)n1. The lowest BCUT2D eigenvalue weighted by molar-refractivity contribution is -0.121. The fourth-order valence-electron chi connectivity index (χ4n) is 1.74. The van der Waals surface area contributed by atoms with E-state index in [4.69, 9.17) is 5.73 Å². The van der Waals surface area contributed by atoms with Crippen molar-refractivity contribution < 1.29 is 9.59 Å².